The Morgan fingerprint density at radius 2 is 1.65 bits per heavy atom. The molecule has 3 heteroatoms. The number of aryl methyl sites for hydroxylation is 1. The Kier molecular flexibility index (Phi) is 4.05. The number of hydrogen-bond donors (Lipinski definition) is 1. The van der Waals surface area contributed by atoms with Crippen LogP contribution in [0.1, 0.15) is 28.1 Å². The number of aromatic nitrogens is 2. The van der Waals surface area contributed by atoms with Crippen molar-refractivity contribution in [1.82, 2.24) is 4.52 Å². The molecule has 0 bridgehead atoms. The minimum absolute atomic E-state index is 0.651. The maximum Gasteiger partial charge on any atom is 0.242 e. The Morgan fingerprint density at radius 1 is 0.935 bits per heavy atom. The standard InChI is InChI=1S/C28H24N3/c1-19-17-22(31-28(19)26(14-15-29)27-11-6-16-30(27)31)12-13-25-23-9-4-2-7-20(23)18-21-8-3-5-10-24(21)25/h2-13,16-18H,14-15,29H2,1H3/q+1. The Hall–Kier alpha value is -3.69. The zero-order valence-electron chi connectivity index (χ0n) is 17.5. The number of nitrogens with two attached hydrogens (primary N) is 1. The van der Waals surface area contributed by atoms with Gasteiger partial charge in [0.2, 0.25) is 11.9 Å². The molecule has 31 heavy (non-hydrogen) atoms. The van der Waals surface area contributed by atoms with Crippen LogP contribution in [0.2, 0.25) is 0 Å². The highest BCUT2D eigenvalue weighted by atomic mass is 15.3. The molecule has 0 saturated carbocycles. The van der Waals surface area contributed by atoms with E-state index in [0.717, 1.165) is 6.42 Å². The monoisotopic (exact) mass is 402 g/mol. The maximum absolute atomic E-state index is 5.94. The Balaban J connectivity index is 1.60. The van der Waals surface area contributed by atoms with Crippen LogP contribution in [0.3, 0.4) is 0 Å². The van der Waals surface area contributed by atoms with E-state index < -0.39 is 0 Å². The van der Waals surface area contributed by atoms with E-state index >= 15 is 0 Å². The molecule has 0 unspecified atom stereocenters. The van der Waals surface area contributed by atoms with Crippen LogP contribution in [0, 0.1) is 13.1 Å². The second-order valence-electron chi connectivity index (χ2n) is 8.23. The fourth-order valence-electron chi connectivity index (χ4n) is 5.06. The molecule has 3 nitrogen and oxygen atoms in total. The van der Waals surface area contributed by atoms with Crippen LogP contribution < -0.4 is 10.1 Å². The Morgan fingerprint density at radius 3 is 2.35 bits per heavy atom. The normalized spacial score (nSPS) is 13.1. The number of allylic oxidation sites excluding steroid dienone is 1. The third kappa shape index (κ3) is 2.67. The van der Waals surface area contributed by atoms with Crippen molar-refractivity contribution in [2.45, 2.75) is 13.3 Å². The summed E-state index contributed by atoms with van der Waals surface area (Å²) in [6.45, 7) is 2.84. The van der Waals surface area contributed by atoms with E-state index in [4.69, 9.17) is 5.73 Å². The van der Waals surface area contributed by atoms with Gasteiger partial charge in [0, 0.05) is 12.2 Å². The molecule has 6 rings (SSSR count). The van der Waals surface area contributed by atoms with E-state index in [1.165, 1.54) is 55.1 Å². The first-order valence-electron chi connectivity index (χ1n) is 10.8. The van der Waals surface area contributed by atoms with Crippen molar-refractivity contribution >= 4 is 45.3 Å². The Bertz CT molecular complexity index is 1540. The first kappa shape index (κ1) is 18.1. The molecule has 1 aliphatic heterocycles. The van der Waals surface area contributed by atoms with Crippen LogP contribution >= 0.6 is 0 Å². The van der Waals surface area contributed by atoms with E-state index in [1.54, 1.807) is 0 Å². The van der Waals surface area contributed by atoms with Gasteiger partial charge in [-0.25, -0.2) is 0 Å². The van der Waals surface area contributed by atoms with Gasteiger partial charge in [-0.1, -0.05) is 59.0 Å². The van der Waals surface area contributed by atoms with Crippen LogP contribution in [-0.2, 0) is 6.42 Å². The Labute approximate surface area is 181 Å². The van der Waals surface area contributed by atoms with Gasteiger partial charge in [0.05, 0.1) is 5.56 Å². The molecule has 2 N–H and O–H groups in total. The first-order valence-corrected chi connectivity index (χ1v) is 10.8. The predicted molar refractivity (Wildman–Crippen MR) is 130 cm³/mol. The summed E-state index contributed by atoms with van der Waals surface area (Å²) < 4.78 is 4.56. The average molecular weight is 403 g/mol. The van der Waals surface area contributed by atoms with Gasteiger partial charge in [-0.2, -0.15) is 0 Å². The number of fused-ring (bicyclic) bond motifs is 5. The molecule has 0 amide bonds. The van der Waals surface area contributed by atoms with Crippen molar-refractivity contribution in [3.05, 3.63) is 101 Å². The summed E-state index contributed by atoms with van der Waals surface area (Å²) in [6.07, 6.45) is 11.8. The van der Waals surface area contributed by atoms with Crippen molar-refractivity contribution in [2.24, 2.45) is 5.73 Å². The second kappa shape index (κ2) is 6.93. The zero-order valence-corrected chi connectivity index (χ0v) is 17.5. The summed E-state index contributed by atoms with van der Waals surface area (Å²) in [4.78, 5) is 0. The van der Waals surface area contributed by atoms with E-state index in [9.17, 15) is 0 Å². The number of nitrogens with zero attached hydrogens (tertiary/aromatic N) is 2. The lowest BCUT2D eigenvalue weighted by Crippen LogP contribution is -2.24. The minimum atomic E-state index is 0.651. The smallest absolute Gasteiger partial charge is 0.242 e. The molecule has 0 spiro atoms. The summed E-state index contributed by atoms with van der Waals surface area (Å²) >= 11 is 0. The van der Waals surface area contributed by atoms with E-state index in [0.29, 0.717) is 6.54 Å². The quantitative estimate of drug-likeness (QED) is 0.323. The van der Waals surface area contributed by atoms with Gasteiger partial charge >= 0.3 is 0 Å². The number of benzene rings is 3. The highest BCUT2D eigenvalue weighted by Crippen LogP contribution is 2.31. The molecule has 0 radical (unpaired) electrons. The molecule has 0 aliphatic carbocycles. The summed E-state index contributed by atoms with van der Waals surface area (Å²) in [5.41, 5.74) is 13.5. The molecule has 0 fully saturated rings. The summed E-state index contributed by atoms with van der Waals surface area (Å²) in [5.74, 6) is 0. The molecule has 3 heterocycles. The number of rotatable bonds is 4. The number of hydrogen-bond acceptors (Lipinski definition) is 1. The van der Waals surface area contributed by atoms with Gasteiger partial charge in [-0.05, 0) is 70.8 Å². The minimum Gasteiger partial charge on any atom is -0.330 e. The van der Waals surface area contributed by atoms with Crippen LogP contribution in [0.5, 0.6) is 0 Å². The highest BCUT2D eigenvalue weighted by Gasteiger charge is 2.26. The van der Waals surface area contributed by atoms with E-state index in [1.807, 2.05) is 0 Å². The van der Waals surface area contributed by atoms with Gasteiger partial charge < -0.3 is 5.73 Å². The van der Waals surface area contributed by atoms with Crippen LogP contribution in [-0.4, -0.2) is 11.1 Å². The van der Waals surface area contributed by atoms with E-state index in [2.05, 4.69) is 107 Å². The van der Waals surface area contributed by atoms with Crippen LogP contribution in [0.15, 0.2) is 66.7 Å². The van der Waals surface area contributed by atoms with Crippen molar-refractivity contribution in [2.75, 3.05) is 6.54 Å². The molecular weight excluding hydrogens is 378 g/mol. The third-order valence-electron chi connectivity index (χ3n) is 6.36. The second-order valence-corrected chi connectivity index (χ2v) is 8.23. The van der Waals surface area contributed by atoms with Crippen molar-refractivity contribution in [3.8, 4) is 0 Å². The molecule has 150 valence electrons. The molecular formula is C28H24N3+. The third-order valence-corrected chi connectivity index (χ3v) is 6.36. The lowest BCUT2D eigenvalue weighted by atomic mass is 9.96. The largest absolute Gasteiger partial charge is 0.330 e. The van der Waals surface area contributed by atoms with Gasteiger partial charge in [0.15, 0.2) is 0 Å². The van der Waals surface area contributed by atoms with Crippen LogP contribution in [0.25, 0.3) is 45.3 Å². The van der Waals surface area contributed by atoms with Gasteiger partial charge in [-0.3, -0.25) is 0 Å². The predicted octanol–water partition coefficient (Wildman–Crippen LogP) is 5.27. The molecule has 2 aromatic heterocycles. The topological polar surface area (TPSA) is 36.3 Å². The molecule has 5 aromatic rings. The fourth-order valence-corrected chi connectivity index (χ4v) is 5.06. The summed E-state index contributed by atoms with van der Waals surface area (Å²) in [5, 5.41) is 5.09. The van der Waals surface area contributed by atoms with Crippen molar-refractivity contribution in [3.63, 3.8) is 0 Å². The molecule has 1 aliphatic rings. The molecule has 0 saturated heterocycles. The van der Waals surface area contributed by atoms with Gasteiger partial charge in [0.25, 0.3) is 0 Å². The fraction of sp³-hybridized carbons (Fsp3) is 0.107. The summed E-state index contributed by atoms with van der Waals surface area (Å²) in [6, 6.07) is 21.8. The maximum atomic E-state index is 5.94. The van der Waals surface area contributed by atoms with Gasteiger partial charge in [0.1, 0.15) is 11.2 Å². The lowest BCUT2D eigenvalue weighted by Gasteiger charge is -2.08. The molecule has 3 aromatic carbocycles. The van der Waals surface area contributed by atoms with Gasteiger partial charge in [-0.15, -0.1) is 4.52 Å². The first-order chi connectivity index (χ1) is 15.3. The summed E-state index contributed by atoms with van der Waals surface area (Å²) in [7, 11) is 0. The SMILES string of the molecule is Cc1cc(C=Cc2c3ccccc3cc3ccccc23)n2c1c(CCN)c1[n+]2=CC=C1. The average Bonchev–Trinajstić information content (AvgIpc) is 3.46. The zero-order chi connectivity index (χ0) is 20.9. The molecule has 0 atom stereocenters. The van der Waals surface area contributed by atoms with Crippen LogP contribution in [0.4, 0.5) is 0 Å². The lowest BCUT2D eigenvalue weighted by molar-refractivity contribution is -0.583. The van der Waals surface area contributed by atoms with E-state index in [-0.39, 0.29) is 0 Å². The van der Waals surface area contributed by atoms with Crippen molar-refractivity contribution < 1.29 is 4.36 Å². The highest BCUT2D eigenvalue weighted by molar-refractivity contribution is 6.07. The van der Waals surface area contributed by atoms with Crippen molar-refractivity contribution in [1.29, 1.82) is 0 Å².